The number of nitrogens with zero attached hydrogens (tertiary/aromatic N) is 2. The summed E-state index contributed by atoms with van der Waals surface area (Å²) in [5.41, 5.74) is 3.01. The number of Topliss-reactive ketones (excluding diaryl/α,β-unsaturated/α-hetero) is 1. The van der Waals surface area contributed by atoms with Gasteiger partial charge in [0.15, 0.2) is 12.4 Å². The van der Waals surface area contributed by atoms with E-state index in [1.54, 1.807) is 12.1 Å². The second-order valence-electron chi connectivity index (χ2n) is 5.81. The molecular weight excluding hydrogens is 340 g/mol. The molecule has 0 amide bonds. The highest BCUT2D eigenvalue weighted by atomic mass is 32.1. The number of ketones is 1. The van der Waals surface area contributed by atoms with Gasteiger partial charge in [0, 0.05) is 23.0 Å². The summed E-state index contributed by atoms with van der Waals surface area (Å²) in [7, 11) is 0. The molecule has 0 aromatic carbocycles. The fourth-order valence-corrected chi connectivity index (χ4v) is 3.36. The first kappa shape index (κ1) is 17.2. The smallest absolute Gasteiger partial charge is 0.310 e. The molecule has 3 heterocycles. The lowest BCUT2D eigenvalue weighted by Crippen LogP contribution is -2.16. The Hall–Kier alpha value is -2.67. The predicted molar refractivity (Wildman–Crippen MR) is 93.4 cm³/mol. The highest BCUT2D eigenvalue weighted by Gasteiger charge is 2.19. The molecule has 7 heteroatoms. The number of carbonyl (C=O) groups is 2. The van der Waals surface area contributed by atoms with E-state index in [1.165, 1.54) is 11.3 Å². The van der Waals surface area contributed by atoms with Gasteiger partial charge in [0.05, 0.1) is 6.42 Å². The van der Waals surface area contributed by atoms with Gasteiger partial charge >= 0.3 is 5.97 Å². The van der Waals surface area contributed by atoms with Crippen LogP contribution < -0.4 is 0 Å². The molecule has 0 bridgehead atoms. The van der Waals surface area contributed by atoms with Crippen molar-refractivity contribution < 1.29 is 18.8 Å². The van der Waals surface area contributed by atoms with Crippen molar-refractivity contribution in [3.8, 4) is 5.82 Å². The van der Waals surface area contributed by atoms with Crippen molar-refractivity contribution in [1.29, 1.82) is 0 Å². The van der Waals surface area contributed by atoms with Crippen LogP contribution in [0.5, 0.6) is 0 Å². The first-order valence-electron chi connectivity index (χ1n) is 7.78. The number of hydrogen-bond donors (Lipinski definition) is 0. The van der Waals surface area contributed by atoms with E-state index < -0.39 is 5.97 Å². The second-order valence-corrected chi connectivity index (χ2v) is 6.59. The zero-order valence-electron chi connectivity index (χ0n) is 14.2. The molecule has 0 aliphatic rings. The summed E-state index contributed by atoms with van der Waals surface area (Å²) in [6.45, 7) is 5.25. The molecule has 130 valence electrons. The summed E-state index contributed by atoms with van der Waals surface area (Å²) < 4.78 is 12.1. The molecular formula is C18H18N2O4S. The molecule has 3 aromatic heterocycles. The van der Waals surface area contributed by atoms with Crippen molar-refractivity contribution in [3.63, 3.8) is 0 Å². The maximum absolute atomic E-state index is 12.4. The normalized spacial score (nSPS) is 10.8. The number of aromatic nitrogens is 2. The van der Waals surface area contributed by atoms with Crippen LogP contribution >= 0.6 is 11.3 Å². The van der Waals surface area contributed by atoms with Gasteiger partial charge in [0.2, 0.25) is 5.78 Å². The molecule has 0 saturated heterocycles. The molecule has 0 unspecified atom stereocenters. The van der Waals surface area contributed by atoms with Crippen molar-refractivity contribution in [2.24, 2.45) is 0 Å². The summed E-state index contributed by atoms with van der Waals surface area (Å²) in [5, 5.41) is 7.77. The number of carbonyl (C=O) groups excluding carboxylic acids is 2. The Morgan fingerprint density at radius 3 is 2.72 bits per heavy atom. The number of rotatable bonds is 6. The van der Waals surface area contributed by atoms with Crippen LogP contribution in [-0.4, -0.2) is 28.1 Å². The van der Waals surface area contributed by atoms with E-state index in [2.05, 4.69) is 5.16 Å². The summed E-state index contributed by atoms with van der Waals surface area (Å²) in [6.07, 6.45) is 0.175. The molecule has 0 N–H and O–H groups in total. The predicted octanol–water partition coefficient (Wildman–Crippen LogP) is 3.42. The molecule has 0 saturated carbocycles. The van der Waals surface area contributed by atoms with Gasteiger partial charge in [-0.2, -0.15) is 11.3 Å². The van der Waals surface area contributed by atoms with E-state index in [1.807, 2.05) is 42.2 Å². The fourth-order valence-electron chi connectivity index (χ4n) is 2.69. The second kappa shape index (κ2) is 7.06. The summed E-state index contributed by atoms with van der Waals surface area (Å²) in [4.78, 5) is 24.3. The van der Waals surface area contributed by atoms with Crippen molar-refractivity contribution in [3.05, 3.63) is 57.2 Å². The van der Waals surface area contributed by atoms with Gasteiger partial charge in [0.1, 0.15) is 5.76 Å². The van der Waals surface area contributed by atoms with E-state index in [4.69, 9.17) is 9.26 Å². The number of hydrogen-bond acceptors (Lipinski definition) is 6. The molecule has 0 aliphatic carbocycles. The van der Waals surface area contributed by atoms with Crippen molar-refractivity contribution in [1.82, 2.24) is 9.72 Å². The number of ether oxygens (including phenoxy) is 1. The zero-order valence-corrected chi connectivity index (χ0v) is 15.1. The molecule has 0 atom stereocenters. The minimum absolute atomic E-state index is 0.175. The molecule has 0 fully saturated rings. The minimum Gasteiger partial charge on any atom is -0.457 e. The molecule has 0 aliphatic heterocycles. The monoisotopic (exact) mass is 358 g/mol. The zero-order chi connectivity index (χ0) is 18.0. The van der Waals surface area contributed by atoms with Crippen molar-refractivity contribution >= 4 is 23.1 Å². The van der Waals surface area contributed by atoms with Crippen molar-refractivity contribution in [2.45, 2.75) is 27.2 Å². The van der Waals surface area contributed by atoms with Gasteiger partial charge in [-0.25, -0.2) is 0 Å². The molecule has 0 spiro atoms. The SMILES string of the molecule is Cc1cc(-n2c(C)cc(C(=O)COC(=O)Cc3ccsc3)c2C)no1. The molecule has 3 rings (SSSR count). The van der Waals surface area contributed by atoms with Gasteiger partial charge in [-0.3, -0.25) is 14.2 Å². The molecule has 3 aromatic rings. The third-order valence-electron chi connectivity index (χ3n) is 3.87. The lowest BCUT2D eigenvalue weighted by molar-refractivity contribution is -0.141. The minimum atomic E-state index is -0.410. The lowest BCUT2D eigenvalue weighted by Gasteiger charge is -2.06. The van der Waals surface area contributed by atoms with Crippen LogP contribution in [0.3, 0.4) is 0 Å². The average Bonchev–Trinajstić information content (AvgIpc) is 3.27. The van der Waals surface area contributed by atoms with Crippen LogP contribution in [0.1, 0.15) is 33.1 Å². The Morgan fingerprint density at radius 1 is 1.28 bits per heavy atom. The summed E-state index contributed by atoms with van der Waals surface area (Å²) >= 11 is 1.52. The highest BCUT2D eigenvalue weighted by molar-refractivity contribution is 7.07. The van der Waals surface area contributed by atoms with Crippen LogP contribution in [-0.2, 0) is 16.0 Å². The molecule has 25 heavy (non-hydrogen) atoms. The number of esters is 1. The van der Waals surface area contributed by atoms with Crippen LogP contribution in [0.15, 0.2) is 33.5 Å². The third-order valence-corrected chi connectivity index (χ3v) is 4.60. The first-order valence-corrected chi connectivity index (χ1v) is 8.72. The Kier molecular flexibility index (Phi) is 4.85. The van der Waals surface area contributed by atoms with Crippen LogP contribution in [0.4, 0.5) is 0 Å². The standard InChI is InChI=1S/C18H18N2O4S/c1-11-6-15(13(3)20(11)17-7-12(2)24-19-17)16(21)9-23-18(22)8-14-4-5-25-10-14/h4-7,10H,8-9H2,1-3H3. The Labute approximate surface area is 149 Å². The van der Waals surface area contributed by atoms with Crippen molar-refractivity contribution in [2.75, 3.05) is 6.61 Å². The van der Waals surface area contributed by atoms with Gasteiger partial charge in [-0.1, -0.05) is 5.16 Å². The first-order chi connectivity index (χ1) is 12.0. The van der Waals surface area contributed by atoms with E-state index in [0.717, 1.165) is 17.0 Å². The van der Waals surface area contributed by atoms with Gasteiger partial charge < -0.3 is 9.26 Å². The third kappa shape index (κ3) is 3.71. The Morgan fingerprint density at radius 2 is 2.08 bits per heavy atom. The number of aryl methyl sites for hydroxylation is 2. The largest absolute Gasteiger partial charge is 0.457 e. The van der Waals surface area contributed by atoms with E-state index in [9.17, 15) is 9.59 Å². The maximum atomic E-state index is 12.4. The van der Waals surface area contributed by atoms with Gasteiger partial charge in [0.25, 0.3) is 0 Å². The van der Waals surface area contributed by atoms with Gasteiger partial charge in [-0.15, -0.1) is 0 Å². The average molecular weight is 358 g/mol. The topological polar surface area (TPSA) is 74.3 Å². The molecule has 6 nitrogen and oxygen atoms in total. The Bertz CT molecular complexity index is 906. The van der Waals surface area contributed by atoms with Crippen LogP contribution in [0.2, 0.25) is 0 Å². The summed E-state index contributed by atoms with van der Waals surface area (Å²) in [6, 6.07) is 5.44. The lowest BCUT2D eigenvalue weighted by atomic mass is 10.1. The van der Waals surface area contributed by atoms with Crippen LogP contribution in [0, 0.1) is 20.8 Å². The Balaban J connectivity index is 1.69. The number of thiophene rings is 1. The van der Waals surface area contributed by atoms with Gasteiger partial charge in [-0.05, 0) is 49.2 Å². The summed E-state index contributed by atoms with van der Waals surface area (Å²) in [5.74, 6) is 0.671. The fraction of sp³-hybridized carbons (Fsp3) is 0.278. The van der Waals surface area contributed by atoms with E-state index in [-0.39, 0.29) is 18.8 Å². The maximum Gasteiger partial charge on any atom is 0.310 e. The van der Waals surface area contributed by atoms with E-state index >= 15 is 0 Å². The highest BCUT2D eigenvalue weighted by Crippen LogP contribution is 2.21. The van der Waals surface area contributed by atoms with Crippen LogP contribution in [0.25, 0.3) is 5.82 Å². The molecule has 0 radical (unpaired) electrons. The quantitative estimate of drug-likeness (QED) is 0.498. The van der Waals surface area contributed by atoms with E-state index in [0.29, 0.717) is 17.1 Å².